The number of benzene rings is 1. The van der Waals surface area contributed by atoms with Crippen molar-refractivity contribution in [3.63, 3.8) is 0 Å². The Morgan fingerprint density at radius 1 is 1.31 bits per heavy atom. The van der Waals surface area contributed by atoms with E-state index in [0.717, 1.165) is 30.0 Å². The van der Waals surface area contributed by atoms with Crippen LogP contribution in [-0.2, 0) is 0 Å². The zero-order valence-electron chi connectivity index (χ0n) is 15.1. The lowest BCUT2D eigenvalue weighted by Crippen LogP contribution is -2.45. The molecule has 1 amide bonds. The molecule has 1 saturated heterocycles. The third kappa shape index (κ3) is 2.69. The molecule has 2 aromatic heterocycles. The molecule has 0 saturated carbocycles. The number of fused-ring (bicyclic) bond motifs is 1. The molecule has 1 aromatic carbocycles. The van der Waals surface area contributed by atoms with Gasteiger partial charge in [0.05, 0.1) is 18.8 Å². The van der Waals surface area contributed by atoms with Gasteiger partial charge in [-0.25, -0.2) is 9.50 Å². The van der Waals surface area contributed by atoms with Gasteiger partial charge in [-0.15, -0.1) is 0 Å². The summed E-state index contributed by atoms with van der Waals surface area (Å²) in [6.45, 7) is 4.85. The highest BCUT2D eigenvalue weighted by Crippen LogP contribution is 2.35. The molecule has 1 atom stereocenters. The van der Waals surface area contributed by atoms with E-state index in [1.165, 1.54) is 6.33 Å². The van der Waals surface area contributed by atoms with Gasteiger partial charge in [-0.1, -0.05) is 26.0 Å². The normalized spacial score (nSPS) is 16.8. The van der Waals surface area contributed by atoms with Gasteiger partial charge in [-0.2, -0.15) is 10.1 Å². The van der Waals surface area contributed by atoms with Crippen molar-refractivity contribution in [1.82, 2.24) is 24.5 Å². The highest BCUT2D eigenvalue weighted by molar-refractivity contribution is 5.93. The number of ether oxygens (including phenoxy) is 1. The second-order valence-corrected chi connectivity index (χ2v) is 6.77. The molecule has 3 aromatic rings. The summed E-state index contributed by atoms with van der Waals surface area (Å²) in [6.07, 6.45) is 2.40. The molecule has 7 heteroatoms. The van der Waals surface area contributed by atoms with Crippen molar-refractivity contribution in [3.05, 3.63) is 53.6 Å². The molecule has 0 unspecified atom stereocenters. The van der Waals surface area contributed by atoms with Crippen molar-refractivity contribution in [2.24, 2.45) is 0 Å². The minimum atomic E-state index is -0.0727. The van der Waals surface area contributed by atoms with Gasteiger partial charge < -0.3 is 9.64 Å². The maximum absolute atomic E-state index is 13.1. The first-order valence-corrected chi connectivity index (χ1v) is 8.74. The Kier molecular flexibility index (Phi) is 4.06. The molecular formula is C19H21N5O2. The van der Waals surface area contributed by atoms with Crippen LogP contribution in [0.1, 0.15) is 54.0 Å². The molecule has 0 N–H and O–H groups in total. The number of aromatic nitrogens is 4. The topological polar surface area (TPSA) is 72.6 Å². The quantitative estimate of drug-likeness (QED) is 0.723. The average molecular weight is 351 g/mol. The van der Waals surface area contributed by atoms with Crippen molar-refractivity contribution in [3.8, 4) is 5.75 Å². The zero-order valence-corrected chi connectivity index (χ0v) is 15.1. The van der Waals surface area contributed by atoms with Crippen LogP contribution in [0.25, 0.3) is 5.78 Å². The van der Waals surface area contributed by atoms with Crippen LogP contribution in [0, 0.1) is 0 Å². The Labute approximate surface area is 151 Å². The predicted molar refractivity (Wildman–Crippen MR) is 96.3 cm³/mol. The molecule has 0 aliphatic carbocycles. The number of hydrogen-bond donors (Lipinski definition) is 0. The first kappa shape index (κ1) is 16.5. The smallest absolute Gasteiger partial charge is 0.273 e. The first-order chi connectivity index (χ1) is 12.6. The van der Waals surface area contributed by atoms with Gasteiger partial charge in [-0.05, 0) is 36.1 Å². The maximum atomic E-state index is 13.1. The van der Waals surface area contributed by atoms with Gasteiger partial charge in [0.15, 0.2) is 0 Å². The van der Waals surface area contributed by atoms with Gasteiger partial charge in [0.1, 0.15) is 17.8 Å². The molecule has 3 heterocycles. The summed E-state index contributed by atoms with van der Waals surface area (Å²) >= 11 is 0. The number of carbonyl (C=O) groups is 1. The molecule has 7 nitrogen and oxygen atoms in total. The Morgan fingerprint density at radius 3 is 2.85 bits per heavy atom. The predicted octanol–water partition coefficient (Wildman–Crippen LogP) is 2.84. The summed E-state index contributed by atoms with van der Waals surface area (Å²) in [7, 11) is 1.65. The second kappa shape index (κ2) is 6.40. The molecule has 1 aliphatic heterocycles. The van der Waals surface area contributed by atoms with E-state index in [0.29, 0.717) is 11.5 Å². The number of likely N-dealkylation sites (tertiary alicyclic amines) is 1. The lowest BCUT2D eigenvalue weighted by atomic mass is 9.94. The summed E-state index contributed by atoms with van der Waals surface area (Å²) in [6, 6.07) is 9.75. The van der Waals surface area contributed by atoms with Gasteiger partial charge in [-0.3, -0.25) is 4.79 Å². The van der Waals surface area contributed by atoms with Crippen LogP contribution >= 0.6 is 0 Å². The highest BCUT2D eigenvalue weighted by Gasteiger charge is 2.35. The molecular weight excluding hydrogens is 330 g/mol. The molecule has 1 fully saturated rings. The van der Waals surface area contributed by atoms with E-state index >= 15 is 0 Å². The number of nitrogens with zero attached hydrogens (tertiary/aromatic N) is 5. The third-order valence-electron chi connectivity index (χ3n) is 4.85. The Balaban J connectivity index is 1.66. The van der Waals surface area contributed by atoms with E-state index in [1.807, 2.05) is 35.2 Å². The SMILES string of the molecule is COc1cccc([C@H]2CCN2C(=O)c2cc(C(C)C)n3ncnc3n2)c1. The van der Waals surface area contributed by atoms with E-state index < -0.39 is 0 Å². The molecule has 134 valence electrons. The fraction of sp³-hybridized carbons (Fsp3) is 0.368. The lowest BCUT2D eigenvalue weighted by molar-refractivity contribution is 0.0453. The summed E-state index contributed by atoms with van der Waals surface area (Å²) in [5, 5.41) is 4.21. The van der Waals surface area contributed by atoms with Crippen molar-refractivity contribution in [1.29, 1.82) is 0 Å². The first-order valence-electron chi connectivity index (χ1n) is 8.74. The fourth-order valence-corrected chi connectivity index (χ4v) is 3.33. The van der Waals surface area contributed by atoms with E-state index in [2.05, 4.69) is 28.9 Å². The van der Waals surface area contributed by atoms with Crippen LogP contribution in [0.2, 0.25) is 0 Å². The van der Waals surface area contributed by atoms with Crippen LogP contribution in [0.15, 0.2) is 36.7 Å². The fourth-order valence-electron chi connectivity index (χ4n) is 3.33. The van der Waals surface area contributed by atoms with Crippen molar-refractivity contribution in [2.45, 2.75) is 32.2 Å². The molecule has 1 aliphatic rings. The lowest BCUT2D eigenvalue weighted by Gasteiger charge is -2.41. The number of carbonyl (C=O) groups excluding carboxylic acids is 1. The molecule has 0 bridgehead atoms. The number of rotatable bonds is 4. The highest BCUT2D eigenvalue weighted by atomic mass is 16.5. The number of methoxy groups -OCH3 is 1. The van der Waals surface area contributed by atoms with Gasteiger partial charge in [0, 0.05) is 6.54 Å². The Bertz CT molecular complexity index is 965. The molecule has 0 spiro atoms. The van der Waals surface area contributed by atoms with Crippen molar-refractivity contribution < 1.29 is 9.53 Å². The molecule has 26 heavy (non-hydrogen) atoms. The summed E-state index contributed by atoms with van der Waals surface area (Å²) in [5.41, 5.74) is 2.42. The molecule has 4 rings (SSSR count). The zero-order chi connectivity index (χ0) is 18.3. The Morgan fingerprint density at radius 2 is 2.15 bits per heavy atom. The van der Waals surface area contributed by atoms with Crippen LogP contribution < -0.4 is 4.74 Å². The number of amides is 1. The van der Waals surface area contributed by atoms with Gasteiger partial charge in [0.25, 0.3) is 11.7 Å². The van der Waals surface area contributed by atoms with E-state index in [-0.39, 0.29) is 17.9 Å². The van der Waals surface area contributed by atoms with E-state index in [1.54, 1.807) is 11.6 Å². The third-order valence-corrected chi connectivity index (χ3v) is 4.85. The standard InChI is InChI=1S/C19H21N5O2/c1-12(2)17-10-15(22-19-20-11-21-24(17)19)18(25)23-8-7-16(23)13-5-4-6-14(9-13)26-3/h4-6,9-12,16H,7-8H2,1-3H3/t16-/m1/s1. The summed E-state index contributed by atoms with van der Waals surface area (Å²) in [5.74, 6) is 1.39. The number of hydrogen-bond acceptors (Lipinski definition) is 5. The largest absolute Gasteiger partial charge is 0.497 e. The van der Waals surface area contributed by atoms with E-state index in [9.17, 15) is 4.79 Å². The second-order valence-electron chi connectivity index (χ2n) is 6.77. The van der Waals surface area contributed by atoms with Crippen LogP contribution in [0.4, 0.5) is 0 Å². The minimum absolute atomic E-state index is 0.0518. The summed E-state index contributed by atoms with van der Waals surface area (Å²) in [4.78, 5) is 23.5. The van der Waals surface area contributed by atoms with E-state index in [4.69, 9.17) is 4.74 Å². The maximum Gasteiger partial charge on any atom is 0.273 e. The van der Waals surface area contributed by atoms with Gasteiger partial charge >= 0.3 is 0 Å². The van der Waals surface area contributed by atoms with Crippen molar-refractivity contribution in [2.75, 3.05) is 13.7 Å². The van der Waals surface area contributed by atoms with Gasteiger partial charge in [0.2, 0.25) is 0 Å². The van der Waals surface area contributed by atoms with Crippen molar-refractivity contribution >= 4 is 11.7 Å². The van der Waals surface area contributed by atoms with Crippen LogP contribution in [-0.4, -0.2) is 44.0 Å². The summed E-state index contributed by atoms with van der Waals surface area (Å²) < 4.78 is 6.99. The van der Waals surface area contributed by atoms with Crippen LogP contribution in [0.3, 0.4) is 0 Å². The average Bonchev–Trinajstić information content (AvgIpc) is 3.08. The Hall–Kier alpha value is -2.96. The monoisotopic (exact) mass is 351 g/mol. The molecule has 0 radical (unpaired) electrons. The minimum Gasteiger partial charge on any atom is -0.497 e. The van der Waals surface area contributed by atoms with Crippen LogP contribution in [0.5, 0.6) is 5.75 Å².